The molecule has 0 fully saturated rings. The van der Waals surface area contributed by atoms with Crippen LogP contribution in [0, 0.1) is 5.92 Å². The number of anilines is 2. The summed E-state index contributed by atoms with van der Waals surface area (Å²) in [5, 5.41) is 2.88. The van der Waals surface area contributed by atoms with Crippen LogP contribution in [0.5, 0.6) is 0 Å². The molecule has 23 heavy (non-hydrogen) atoms. The Morgan fingerprint density at radius 1 is 1.22 bits per heavy atom. The van der Waals surface area contributed by atoms with Crippen molar-refractivity contribution >= 4 is 23.2 Å². The summed E-state index contributed by atoms with van der Waals surface area (Å²) >= 11 is 0. The van der Waals surface area contributed by atoms with E-state index in [4.69, 9.17) is 0 Å². The van der Waals surface area contributed by atoms with Gasteiger partial charge in [0.25, 0.3) is 0 Å². The molecule has 0 aliphatic carbocycles. The molecule has 1 rings (SSSR count). The monoisotopic (exact) mass is 319 g/mol. The quantitative estimate of drug-likeness (QED) is 0.840. The summed E-state index contributed by atoms with van der Waals surface area (Å²) < 4.78 is 0. The van der Waals surface area contributed by atoms with Crippen molar-refractivity contribution in [2.75, 3.05) is 30.9 Å². The zero-order valence-corrected chi connectivity index (χ0v) is 15.1. The molecule has 5 heteroatoms. The fourth-order valence-corrected chi connectivity index (χ4v) is 2.43. The largest absolute Gasteiger partial charge is 0.377 e. The van der Waals surface area contributed by atoms with E-state index in [0.29, 0.717) is 25.4 Å². The van der Waals surface area contributed by atoms with Crippen molar-refractivity contribution in [3.05, 3.63) is 23.8 Å². The summed E-state index contributed by atoms with van der Waals surface area (Å²) in [4.78, 5) is 27.4. The number of nitrogens with zero attached hydrogens (tertiary/aromatic N) is 2. The van der Waals surface area contributed by atoms with Crippen LogP contribution in [0.15, 0.2) is 18.2 Å². The lowest BCUT2D eigenvalue weighted by molar-refractivity contribution is -0.130. The Morgan fingerprint density at radius 3 is 2.35 bits per heavy atom. The first-order valence-corrected chi connectivity index (χ1v) is 8.10. The van der Waals surface area contributed by atoms with Gasteiger partial charge in [0.1, 0.15) is 0 Å². The summed E-state index contributed by atoms with van der Waals surface area (Å²) in [6, 6.07) is 5.83. The third kappa shape index (κ3) is 5.93. The molecule has 0 heterocycles. The second-order valence-electron chi connectivity index (χ2n) is 6.43. The van der Waals surface area contributed by atoms with E-state index in [1.54, 1.807) is 6.92 Å². The maximum atomic E-state index is 11.9. The van der Waals surface area contributed by atoms with Crippen LogP contribution >= 0.6 is 0 Å². The molecule has 0 aliphatic rings. The molecule has 5 nitrogen and oxygen atoms in total. The van der Waals surface area contributed by atoms with E-state index in [2.05, 4.69) is 19.2 Å². The molecular formula is C18H29N3O2. The first kappa shape index (κ1) is 19.0. The van der Waals surface area contributed by atoms with E-state index in [1.165, 1.54) is 0 Å². The van der Waals surface area contributed by atoms with E-state index < -0.39 is 0 Å². The lowest BCUT2D eigenvalue weighted by atomic mass is 10.1. The van der Waals surface area contributed by atoms with Crippen molar-refractivity contribution in [2.24, 2.45) is 5.92 Å². The minimum absolute atomic E-state index is 0.0147. The van der Waals surface area contributed by atoms with Gasteiger partial charge in [-0.1, -0.05) is 20.8 Å². The van der Waals surface area contributed by atoms with E-state index in [-0.39, 0.29) is 11.8 Å². The highest BCUT2D eigenvalue weighted by Crippen LogP contribution is 2.25. The van der Waals surface area contributed by atoms with Crippen LogP contribution in [0.1, 0.15) is 39.7 Å². The number of hydrogen-bond acceptors (Lipinski definition) is 3. The van der Waals surface area contributed by atoms with Gasteiger partial charge in [0.15, 0.2) is 0 Å². The van der Waals surface area contributed by atoms with Gasteiger partial charge in [0.05, 0.1) is 0 Å². The van der Waals surface area contributed by atoms with Crippen LogP contribution in [0.4, 0.5) is 11.4 Å². The Balaban J connectivity index is 3.10. The Labute approximate surface area is 139 Å². The van der Waals surface area contributed by atoms with Crippen LogP contribution < -0.4 is 10.2 Å². The summed E-state index contributed by atoms with van der Waals surface area (Å²) in [7, 11) is 3.95. The van der Waals surface area contributed by atoms with Crippen LogP contribution in [0.3, 0.4) is 0 Å². The molecule has 0 unspecified atom stereocenters. The molecule has 0 bridgehead atoms. The summed E-state index contributed by atoms with van der Waals surface area (Å²) in [5.41, 5.74) is 2.85. The van der Waals surface area contributed by atoms with Crippen molar-refractivity contribution in [3.63, 3.8) is 0 Å². The Morgan fingerprint density at radius 2 is 1.87 bits per heavy atom. The number of hydrogen-bond donors (Lipinski definition) is 1. The van der Waals surface area contributed by atoms with Gasteiger partial charge in [-0.15, -0.1) is 0 Å². The number of carbonyl (C=O) groups is 2. The van der Waals surface area contributed by atoms with E-state index in [1.807, 2.05) is 49.0 Å². The smallest absolute Gasteiger partial charge is 0.224 e. The molecule has 0 atom stereocenters. The molecule has 1 N–H and O–H groups in total. The number of nitrogens with one attached hydrogen (secondary N) is 1. The third-order valence-corrected chi connectivity index (χ3v) is 3.56. The molecule has 128 valence electrons. The zero-order chi connectivity index (χ0) is 17.6. The van der Waals surface area contributed by atoms with Crippen molar-refractivity contribution in [3.8, 4) is 0 Å². The zero-order valence-electron chi connectivity index (χ0n) is 15.1. The Bertz CT molecular complexity index is 553. The predicted octanol–water partition coefficient (Wildman–Crippen LogP) is 3.11. The molecule has 0 aliphatic heterocycles. The highest BCUT2D eigenvalue weighted by Gasteiger charge is 2.15. The number of rotatable bonds is 7. The Hall–Kier alpha value is -2.04. The summed E-state index contributed by atoms with van der Waals surface area (Å²) in [6.07, 6.45) is 0.442. The molecular weight excluding hydrogens is 290 g/mol. The fraction of sp³-hybridized carbons (Fsp3) is 0.556. The summed E-state index contributed by atoms with van der Waals surface area (Å²) in [6.45, 7) is 8.87. The molecule has 0 aromatic heterocycles. The highest BCUT2D eigenvalue weighted by atomic mass is 16.2. The molecule has 0 saturated carbocycles. The molecule has 0 spiro atoms. The van der Waals surface area contributed by atoms with Crippen LogP contribution in [-0.4, -0.2) is 37.4 Å². The average Bonchev–Trinajstić information content (AvgIpc) is 2.45. The lowest BCUT2D eigenvalue weighted by Crippen LogP contribution is -2.32. The lowest BCUT2D eigenvalue weighted by Gasteiger charge is -2.26. The molecule has 1 aromatic rings. The van der Waals surface area contributed by atoms with Gasteiger partial charge in [-0.2, -0.15) is 0 Å². The first-order valence-electron chi connectivity index (χ1n) is 8.10. The van der Waals surface area contributed by atoms with Crippen molar-refractivity contribution < 1.29 is 9.59 Å². The predicted molar refractivity (Wildman–Crippen MR) is 95.6 cm³/mol. The Kier molecular flexibility index (Phi) is 7.07. The number of amides is 2. The second-order valence-corrected chi connectivity index (χ2v) is 6.43. The second kappa shape index (κ2) is 8.56. The van der Waals surface area contributed by atoms with Gasteiger partial charge in [-0.25, -0.2) is 0 Å². The van der Waals surface area contributed by atoms with Crippen LogP contribution in [-0.2, 0) is 16.1 Å². The van der Waals surface area contributed by atoms with E-state index in [0.717, 1.165) is 16.9 Å². The minimum atomic E-state index is -0.0147. The fourth-order valence-electron chi connectivity index (χ4n) is 2.43. The number of benzene rings is 1. The summed E-state index contributed by atoms with van der Waals surface area (Å²) in [5.74, 6) is 0.454. The SMILES string of the molecule is CCC(=O)Nc1ccc(N(C)C)c(CN(CC(C)C)C(C)=O)c1. The van der Waals surface area contributed by atoms with E-state index >= 15 is 0 Å². The first-order chi connectivity index (χ1) is 10.7. The maximum Gasteiger partial charge on any atom is 0.224 e. The van der Waals surface area contributed by atoms with Crippen molar-refractivity contribution in [2.45, 2.75) is 40.7 Å². The molecule has 1 aromatic carbocycles. The third-order valence-electron chi connectivity index (χ3n) is 3.56. The van der Waals surface area contributed by atoms with Gasteiger partial charge in [-0.05, 0) is 29.7 Å². The van der Waals surface area contributed by atoms with Crippen molar-refractivity contribution in [1.29, 1.82) is 0 Å². The highest BCUT2D eigenvalue weighted by molar-refractivity contribution is 5.90. The van der Waals surface area contributed by atoms with Gasteiger partial charge >= 0.3 is 0 Å². The standard InChI is InChI=1S/C18H29N3O2/c1-7-18(23)19-16-8-9-17(20(5)6)15(10-16)12-21(14(4)22)11-13(2)3/h8-10,13H,7,11-12H2,1-6H3,(H,19,23). The number of carbonyl (C=O) groups excluding carboxylic acids is 2. The van der Waals surface area contributed by atoms with E-state index in [9.17, 15) is 9.59 Å². The van der Waals surface area contributed by atoms with Gasteiger partial charge < -0.3 is 15.1 Å². The molecule has 0 saturated heterocycles. The van der Waals surface area contributed by atoms with Gasteiger partial charge in [-0.3, -0.25) is 9.59 Å². The molecule has 2 amide bonds. The van der Waals surface area contributed by atoms with Gasteiger partial charge in [0.2, 0.25) is 11.8 Å². The molecule has 0 radical (unpaired) electrons. The normalized spacial score (nSPS) is 10.6. The topological polar surface area (TPSA) is 52.7 Å². The van der Waals surface area contributed by atoms with Crippen molar-refractivity contribution in [1.82, 2.24) is 4.90 Å². The van der Waals surface area contributed by atoms with Crippen LogP contribution in [0.25, 0.3) is 0 Å². The maximum absolute atomic E-state index is 11.9. The average molecular weight is 319 g/mol. The van der Waals surface area contributed by atoms with Crippen LogP contribution in [0.2, 0.25) is 0 Å². The minimum Gasteiger partial charge on any atom is -0.377 e. The van der Waals surface area contributed by atoms with Gasteiger partial charge in [0, 0.05) is 51.9 Å².